The molecule has 0 radical (unpaired) electrons. The molecular formula is C17H21ClN2O2. The minimum absolute atomic E-state index is 0.0731. The van der Waals surface area contributed by atoms with E-state index in [2.05, 4.69) is 31.8 Å². The van der Waals surface area contributed by atoms with Crippen LogP contribution in [-0.2, 0) is 13.0 Å². The largest absolute Gasteiger partial charge is 0.476 e. The summed E-state index contributed by atoms with van der Waals surface area (Å²) in [5, 5.41) is 9.51. The highest BCUT2D eigenvalue weighted by Gasteiger charge is 2.21. The topological polar surface area (TPSA) is 55.1 Å². The molecule has 0 saturated carbocycles. The molecule has 4 nitrogen and oxygen atoms in total. The summed E-state index contributed by atoms with van der Waals surface area (Å²) in [7, 11) is 0. The number of hydrogen-bond acceptors (Lipinski definition) is 2. The Morgan fingerprint density at radius 2 is 2.09 bits per heavy atom. The average molecular weight is 321 g/mol. The van der Waals surface area contributed by atoms with E-state index in [1.807, 2.05) is 12.1 Å². The third-order valence-electron chi connectivity index (χ3n) is 4.01. The van der Waals surface area contributed by atoms with Crippen molar-refractivity contribution in [3.63, 3.8) is 0 Å². The Bertz CT molecular complexity index is 692. The summed E-state index contributed by atoms with van der Waals surface area (Å²) in [4.78, 5) is 15.8. The van der Waals surface area contributed by atoms with Crippen molar-refractivity contribution in [2.75, 3.05) is 0 Å². The second-order valence-corrected chi connectivity index (χ2v) is 5.88. The third-order valence-corrected chi connectivity index (χ3v) is 4.27. The predicted octanol–water partition coefficient (Wildman–Crippen LogP) is 4.24. The molecule has 5 heteroatoms. The van der Waals surface area contributed by atoms with Crippen LogP contribution in [0.1, 0.15) is 52.8 Å². The lowest BCUT2D eigenvalue weighted by molar-refractivity contribution is 0.0685. The van der Waals surface area contributed by atoms with Crippen molar-refractivity contribution < 1.29 is 9.90 Å². The highest BCUT2D eigenvalue weighted by Crippen LogP contribution is 2.22. The molecule has 1 aromatic carbocycles. The third kappa shape index (κ3) is 3.33. The number of aromatic carboxylic acids is 1. The van der Waals surface area contributed by atoms with Crippen LogP contribution in [0.4, 0.5) is 0 Å². The Hall–Kier alpha value is -1.81. The number of carboxylic acid groups (broad SMARTS) is 1. The number of rotatable bonds is 6. The summed E-state index contributed by atoms with van der Waals surface area (Å²) in [5.74, 6) is -0.296. The Morgan fingerprint density at radius 1 is 1.36 bits per heavy atom. The highest BCUT2D eigenvalue weighted by molar-refractivity contribution is 6.32. The molecule has 0 spiro atoms. The molecule has 1 heterocycles. The number of aryl methyl sites for hydroxylation is 2. The van der Waals surface area contributed by atoms with Crippen molar-refractivity contribution in [2.24, 2.45) is 0 Å². The standard InChI is InChI=1S/C17H21ClN2O2/c1-4-5-9-14-19-16(18)15(17(21)22)20(14)10-13-8-6-7-11(2)12(13)3/h6-8H,4-5,9-10H2,1-3H3,(H,21,22). The maximum Gasteiger partial charge on any atom is 0.355 e. The van der Waals surface area contributed by atoms with E-state index in [4.69, 9.17) is 11.6 Å². The van der Waals surface area contributed by atoms with Gasteiger partial charge in [-0.05, 0) is 37.0 Å². The zero-order chi connectivity index (χ0) is 16.3. The average Bonchev–Trinajstić information content (AvgIpc) is 2.77. The summed E-state index contributed by atoms with van der Waals surface area (Å²) < 4.78 is 1.74. The lowest BCUT2D eigenvalue weighted by Gasteiger charge is -2.13. The molecular weight excluding hydrogens is 300 g/mol. The van der Waals surface area contributed by atoms with E-state index in [9.17, 15) is 9.90 Å². The van der Waals surface area contributed by atoms with Crippen molar-refractivity contribution >= 4 is 17.6 Å². The van der Waals surface area contributed by atoms with E-state index in [1.54, 1.807) is 4.57 Å². The van der Waals surface area contributed by atoms with Gasteiger partial charge >= 0.3 is 5.97 Å². The molecule has 22 heavy (non-hydrogen) atoms. The van der Waals surface area contributed by atoms with Crippen LogP contribution in [0.5, 0.6) is 0 Å². The fourth-order valence-corrected chi connectivity index (χ4v) is 2.80. The van der Waals surface area contributed by atoms with Gasteiger partial charge in [-0.3, -0.25) is 0 Å². The first-order valence-corrected chi connectivity index (χ1v) is 7.86. The normalized spacial score (nSPS) is 10.9. The maximum absolute atomic E-state index is 11.5. The molecule has 118 valence electrons. The molecule has 2 rings (SSSR count). The van der Waals surface area contributed by atoms with Crippen LogP contribution in [0.15, 0.2) is 18.2 Å². The molecule has 2 aromatic rings. The van der Waals surface area contributed by atoms with Gasteiger partial charge < -0.3 is 9.67 Å². The number of carbonyl (C=O) groups is 1. The van der Waals surface area contributed by atoms with Crippen LogP contribution in [0, 0.1) is 13.8 Å². The number of unbranched alkanes of at least 4 members (excludes halogenated alkanes) is 1. The molecule has 1 aromatic heterocycles. The first-order valence-electron chi connectivity index (χ1n) is 7.49. The molecule has 0 amide bonds. The van der Waals surface area contributed by atoms with Crippen molar-refractivity contribution in [3.8, 4) is 0 Å². The van der Waals surface area contributed by atoms with E-state index in [-0.39, 0.29) is 10.8 Å². The Kier molecular flexibility index (Phi) is 5.24. The highest BCUT2D eigenvalue weighted by atomic mass is 35.5. The molecule has 0 bridgehead atoms. The molecule has 0 atom stereocenters. The van der Waals surface area contributed by atoms with Crippen molar-refractivity contribution in [1.82, 2.24) is 9.55 Å². The van der Waals surface area contributed by atoms with Gasteiger partial charge in [0.1, 0.15) is 5.82 Å². The van der Waals surface area contributed by atoms with Crippen LogP contribution in [0.2, 0.25) is 5.15 Å². The van der Waals surface area contributed by atoms with Gasteiger partial charge in [-0.1, -0.05) is 43.1 Å². The van der Waals surface area contributed by atoms with Crippen molar-refractivity contribution in [2.45, 2.75) is 46.6 Å². The zero-order valence-corrected chi connectivity index (χ0v) is 13.9. The Balaban J connectivity index is 2.47. The van der Waals surface area contributed by atoms with Gasteiger partial charge in [-0.25, -0.2) is 9.78 Å². The second-order valence-electron chi connectivity index (χ2n) is 5.52. The van der Waals surface area contributed by atoms with E-state index >= 15 is 0 Å². The Morgan fingerprint density at radius 3 is 2.73 bits per heavy atom. The molecule has 1 N–H and O–H groups in total. The smallest absolute Gasteiger partial charge is 0.355 e. The minimum atomic E-state index is -1.04. The number of halogens is 1. The molecule has 0 aliphatic rings. The monoisotopic (exact) mass is 320 g/mol. The molecule has 0 fully saturated rings. The van der Waals surface area contributed by atoms with Gasteiger partial charge in [0, 0.05) is 13.0 Å². The molecule has 0 aliphatic carbocycles. The lowest BCUT2D eigenvalue weighted by atomic mass is 10.0. The van der Waals surface area contributed by atoms with Gasteiger partial charge in [-0.2, -0.15) is 0 Å². The van der Waals surface area contributed by atoms with Crippen LogP contribution in [0.25, 0.3) is 0 Å². The van der Waals surface area contributed by atoms with E-state index < -0.39 is 5.97 Å². The number of imidazole rings is 1. The fourth-order valence-electron chi connectivity index (χ4n) is 2.52. The predicted molar refractivity (Wildman–Crippen MR) is 87.8 cm³/mol. The van der Waals surface area contributed by atoms with Crippen molar-refractivity contribution in [1.29, 1.82) is 0 Å². The van der Waals surface area contributed by atoms with Gasteiger partial charge in [0.25, 0.3) is 0 Å². The van der Waals surface area contributed by atoms with Crippen molar-refractivity contribution in [3.05, 3.63) is 51.6 Å². The number of hydrogen-bond donors (Lipinski definition) is 1. The zero-order valence-electron chi connectivity index (χ0n) is 13.2. The Labute approximate surface area is 135 Å². The summed E-state index contributed by atoms with van der Waals surface area (Å²) in [6.45, 7) is 6.68. The van der Waals surface area contributed by atoms with Gasteiger partial charge in [0.15, 0.2) is 10.8 Å². The maximum atomic E-state index is 11.5. The fraction of sp³-hybridized carbons (Fsp3) is 0.412. The van der Waals surface area contributed by atoms with Crippen LogP contribution >= 0.6 is 11.6 Å². The number of carboxylic acids is 1. The number of benzene rings is 1. The minimum Gasteiger partial charge on any atom is -0.476 e. The lowest BCUT2D eigenvalue weighted by Crippen LogP contribution is -2.14. The first-order chi connectivity index (χ1) is 10.5. The number of nitrogens with zero attached hydrogens (tertiary/aromatic N) is 2. The van der Waals surface area contributed by atoms with Gasteiger partial charge in [0.2, 0.25) is 0 Å². The summed E-state index contributed by atoms with van der Waals surface area (Å²) in [5.41, 5.74) is 3.53. The molecule has 0 aliphatic heterocycles. The number of aromatic nitrogens is 2. The first kappa shape index (κ1) is 16.6. The van der Waals surface area contributed by atoms with E-state index in [0.29, 0.717) is 6.54 Å². The van der Waals surface area contributed by atoms with E-state index in [1.165, 1.54) is 11.1 Å². The summed E-state index contributed by atoms with van der Waals surface area (Å²) in [6.07, 6.45) is 2.71. The van der Waals surface area contributed by atoms with Gasteiger partial charge in [0.05, 0.1) is 0 Å². The summed E-state index contributed by atoms with van der Waals surface area (Å²) in [6, 6.07) is 6.06. The second kappa shape index (κ2) is 6.97. The summed E-state index contributed by atoms with van der Waals surface area (Å²) >= 11 is 6.05. The van der Waals surface area contributed by atoms with Crippen LogP contribution in [0.3, 0.4) is 0 Å². The molecule has 0 saturated heterocycles. The van der Waals surface area contributed by atoms with Crippen LogP contribution < -0.4 is 0 Å². The van der Waals surface area contributed by atoms with Gasteiger partial charge in [-0.15, -0.1) is 0 Å². The van der Waals surface area contributed by atoms with E-state index in [0.717, 1.165) is 30.7 Å². The quantitative estimate of drug-likeness (QED) is 0.866. The van der Waals surface area contributed by atoms with Crippen LogP contribution in [-0.4, -0.2) is 20.6 Å². The SMILES string of the molecule is CCCCc1nc(Cl)c(C(=O)O)n1Cc1cccc(C)c1C. The molecule has 0 unspecified atom stereocenters.